The highest BCUT2D eigenvalue weighted by Crippen LogP contribution is 2.35. The number of H-pyrrole nitrogens is 1. The van der Waals surface area contributed by atoms with E-state index in [2.05, 4.69) is 15.5 Å². The third kappa shape index (κ3) is 2.29. The van der Waals surface area contributed by atoms with E-state index in [9.17, 15) is 9.59 Å². The molecule has 1 aliphatic heterocycles. The van der Waals surface area contributed by atoms with E-state index >= 15 is 0 Å². The smallest absolute Gasteiger partial charge is 0.226 e. The molecule has 6 nitrogen and oxygen atoms in total. The first-order valence-electron chi connectivity index (χ1n) is 6.63. The Morgan fingerprint density at radius 1 is 1.43 bits per heavy atom. The molecule has 0 fully saturated rings. The van der Waals surface area contributed by atoms with Crippen LogP contribution in [0.4, 0.5) is 5.82 Å². The lowest BCUT2D eigenvalue weighted by molar-refractivity contribution is -0.116. The van der Waals surface area contributed by atoms with Crippen molar-refractivity contribution in [2.45, 2.75) is 19.3 Å². The molecule has 0 saturated carbocycles. The Balaban J connectivity index is 2.01. The van der Waals surface area contributed by atoms with Gasteiger partial charge in [-0.15, -0.1) is 0 Å². The van der Waals surface area contributed by atoms with Gasteiger partial charge >= 0.3 is 0 Å². The molecule has 1 aromatic carbocycles. The number of carbonyl (C=O) groups excluding carboxylic acids is 2. The topological polar surface area (TPSA) is 84.1 Å². The summed E-state index contributed by atoms with van der Waals surface area (Å²) < 4.78 is 5.14. The second kappa shape index (κ2) is 5.05. The largest absolute Gasteiger partial charge is 0.497 e. The van der Waals surface area contributed by atoms with Crippen LogP contribution in [-0.4, -0.2) is 29.0 Å². The Labute approximate surface area is 121 Å². The van der Waals surface area contributed by atoms with Crippen molar-refractivity contribution >= 4 is 17.5 Å². The number of Topliss-reactive ketones (excluding diaryl/α,β-unsaturated/α-hetero) is 1. The molecule has 2 heterocycles. The number of benzene rings is 1. The molecule has 0 spiro atoms. The van der Waals surface area contributed by atoms with Gasteiger partial charge in [0.05, 0.1) is 13.0 Å². The van der Waals surface area contributed by atoms with Crippen LogP contribution < -0.4 is 10.1 Å². The molecule has 1 amide bonds. The molecule has 1 unspecified atom stereocenters. The maximum absolute atomic E-state index is 12.7. The van der Waals surface area contributed by atoms with Crippen LogP contribution in [-0.2, 0) is 4.79 Å². The van der Waals surface area contributed by atoms with Crippen molar-refractivity contribution in [1.29, 1.82) is 0 Å². The minimum atomic E-state index is -0.514. The molecule has 0 saturated heterocycles. The van der Waals surface area contributed by atoms with Crippen LogP contribution in [0, 0.1) is 6.92 Å². The first kappa shape index (κ1) is 13.4. The van der Waals surface area contributed by atoms with Gasteiger partial charge in [-0.2, -0.15) is 5.10 Å². The minimum absolute atomic E-state index is 0.102. The molecule has 108 valence electrons. The number of hydrogen-bond donors (Lipinski definition) is 2. The summed E-state index contributed by atoms with van der Waals surface area (Å²) >= 11 is 0. The highest BCUT2D eigenvalue weighted by Gasteiger charge is 2.34. The van der Waals surface area contributed by atoms with Gasteiger partial charge in [0.1, 0.15) is 5.75 Å². The minimum Gasteiger partial charge on any atom is -0.497 e. The zero-order chi connectivity index (χ0) is 15.0. The highest BCUT2D eigenvalue weighted by atomic mass is 16.5. The maximum Gasteiger partial charge on any atom is 0.226 e. The van der Waals surface area contributed by atoms with E-state index in [1.807, 2.05) is 6.92 Å². The van der Waals surface area contributed by atoms with Gasteiger partial charge in [-0.3, -0.25) is 14.7 Å². The number of nitrogens with one attached hydrogen (secondary N) is 2. The van der Waals surface area contributed by atoms with Gasteiger partial charge in [0.15, 0.2) is 11.6 Å². The summed E-state index contributed by atoms with van der Waals surface area (Å²) in [6, 6.07) is 6.95. The number of amides is 1. The first-order valence-corrected chi connectivity index (χ1v) is 6.63. The molecule has 1 aromatic heterocycles. The maximum atomic E-state index is 12.7. The molecule has 1 atom stereocenters. The van der Waals surface area contributed by atoms with E-state index in [0.717, 1.165) is 11.3 Å². The van der Waals surface area contributed by atoms with Crippen molar-refractivity contribution in [3.63, 3.8) is 0 Å². The molecule has 1 aliphatic rings. The summed E-state index contributed by atoms with van der Waals surface area (Å²) in [7, 11) is 1.55. The van der Waals surface area contributed by atoms with Gasteiger partial charge in [0, 0.05) is 23.2 Å². The number of methoxy groups -OCH3 is 1. The number of rotatable bonds is 3. The van der Waals surface area contributed by atoms with Gasteiger partial charge in [0.2, 0.25) is 5.91 Å². The fraction of sp³-hybridized carbons (Fsp3) is 0.267. The van der Waals surface area contributed by atoms with Gasteiger partial charge in [-0.25, -0.2) is 0 Å². The Hall–Kier alpha value is -2.63. The lowest BCUT2D eigenvalue weighted by Crippen LogP contribution is -2.27. The van der Waals surface area contributed by atoms with Crippen LogP contribution in [0.5, 0.6) is 5.75 Å². The fourth-order valence-corrected chi connectivity index (χ4v) is 2.63. The normalized spacial score (nSPS) is 17.0. The van der Waals surface area contributed by atoms with Crippen molar-refractivity contribution < 1.29 is 14.3 Å². The average molecular weight is 285 g/mol. The van der Waals surface area contributed by atoms with E-state index in [-0.39, 0.29) is 18.1 Å². The Morgan fingerprint density at radius 3 is 3.00 bits per heavy atom. The van der Waals surface area contributed by atoms with Crippen LogP contribution in [0.25, 0.3) is 0 Å². The number of hydrogen-bond acceptors (Lipinski definition) is 4. The van der Waals surface area contributed by atoms with Gasteiger partial charge in [-0.05, 0) is 19.1 Å². The molecule has 3 rings (SSSR count). The number of aryl methyl sites for hydroxylation is 1. The van der Waals surface area contributed by atoms with Crippen LogP contribution in [0.3, 0.4) is 0 Å². The van der Waals surface area contributed by atoms with Crippen LogP contribution in [0.2, 0.25) is 0 Å². The summed E-state index contributed by atoms with van der Waals surface area (Å²) in [4.78, 5) is 24.5. The van der Waals surface area contributed by atoms with Gasteiger partial charge < -0.3 is 10.1 Å². The lowest BCUT2D eigenvalue weighted by atomic mass is 9.85. The van der Waals surface area contributed by atoms with Crippen molar-refractivity contribution in [1.82, 2.24) is 10.2 Å². The number of ether oxygens (including phenoxy) is 1. The SMILES string of the molecule is COc1cccc(C(=O)C2CC(=O)Nc3n[nH]c(C)c32)c1. The number of aromatic amines is 1. The molecule has 0 bridgehead atoms. The summed E-state index contributed by atoms with van der Waals surface area (Å²) in [5, 5.41) is 9.53. The number of anilines is 1. The number of aromatic nitrogens is 2. The number of ketones is 1. The zero-order valence-corrected chi connectivity index (χ0v) is 11.8. The molecule has 0 aliphatic carbocycles. The predicted octanol–water partition coefficient (Wildman–Crippen LogP) is 2.04. The van der Waals surface area contributed by atoms with Crippen molar-refractivity contribution in [2.75, 3.05) is 12.4 Å². The first-order chi connectivity index (χ1) is 10.1. The number of carbonyl (C=O) groups is 2. The van der Waals surface area contributed by atoms with Gasteiger partial charge in [-0.1, -0.05) is 12.1 Å². The third-order valence-electron chi connectivity index (χ3n) is 3.66. The predicted molar refractivity (Wildman–Crippen MR) is 76.6 cm³/mol. The molecule has 0 radical (unpaired) electrons. The van der Waals surface area contributed by atoms with Crippen molar-refractivity contribution in [3.8, 4) is 5.75 Å². The second-order valence-electron chi connectivity index (χ2n) is 5.01. The molecule has 21 heavy (non-hydrogen) atoms. The monoisotopic (exact) mass is 285 g/mol. The van der Waals surface area contributed by atoms with E-state index in [1.165, 1.54) is 0 Å². The molecule has 2 N–H and O–H groups in total. The number of fused-ring (bicyclic) bond motifs is 1. The van der Waals surface area contributed by atoms with E-state index in [4.69, 9.17) is 4.74 Å². The molecule has 2 aromatic rings. The Morgan fingerprint density at radius 2 is 2.24 bits per heavy atom. The van der Waals surface area contributed by atoms with E-state index in [1.54, 1.807) is 31.4 Å². The van der Waals surface area contributed by atoms with Crippen molar-refractivity contribution in [2.24, 2.45) is 0 Å². The Kier molecular flexibility index (Phi) is 3.21. The van der Waals surface area contributed by atoms with Gasteiger partial charge in [0.25, 0.3) is 0 Å². The standard InChI is InChI=1S/C15H15N3O3/c1-8-13-11(7-12(19)16-15(13)18-17-8)14(20)9-4-3-5-10(6-9)21-2/h3-6,11H,7H2,1-2H3,(H2,16,17,18,19). The summed E-state index contributed by atoms with van der Waals surface area (Å²) in [5.74, 6) is 0.250. The van der Waals surface area contributed by atoms with Crippen molar-refractivity contribution in [3.05, 3.63) is 41.1 Å². The third-order valence-corrected chi connectivity index (χ3v) is 3.66. The average Bonchev–Trinajstić information content (AvgIpc) is 2.87. The van der Waals surface area contributed by atoms with Crippen LogP contribution in [0.1, 0.15) is 34.0 Å². The fourth-order valence-electron chi connectivity index (χ4n) is 2.63. The molecular weight excluding hydrogens is 270 g/mol. The summed E-state index contributed by atoms with van der Waals surface area (Å²) in [6.07, 6.45) is 0.128. The van der Waals surface area contributed by atoms with E-state index in [0.29, 0.717) is 17.1 Å². The lowest BCUT2D eigenvalue weighted by Gasteiger charge is -2.21. The Bertz CT molecular complexity index is 721. The van der Waals surface area contributed by atoms with Crippen LogP contribution >= 0.6 is 0 Å². The second-order valence-corrected chi connectivity index (χ2v) is 5.01. The van der Waals surface area contributed by atoms with Crippen LogP contribution in [0.15, 0.2) is 24.3 Å². The molecule has 6 heteroatoms. The summed E-state index contributed by atoms with van der Waals surface area (Å²) in [5.41, 5.74) is 2.09. The highest BCUT2D eigenvalue weighted by molar-refractivity contribution is 6.07. The van der Waals surface area contributed by atoms with E-state index < -0.39 is 5.92 Å². The zero-order valence-electron chi connectivity index (χ0n) is 11.8. The number of nitrogens with zero attached hydrogens (tertiary/aromatic N) is 1. The quantitative estimate of drug-likeness (QED) is 0.845. The summed E-state index contributed by atoms with van der Waals surface area (Å²) in [6.45, 7) is 1.84. The molecular formula is C15H15N3O3.